The third-order valence-corrected chi connectivity index (χ3v) is 3.80. The van der Waals surface area contributed by atoms with Crippen molar-refractivity contribution < 1.29 is 4.74 Å². The zero-order valence-corrected chi connectivity index (χ0v) is 13.8. The second-order valence-corrected chi connectivity index (χ2v) is 5.61. The van der Waals surface area contributed by atoms with Crippen LogP contribution in [0.3, 0.4) is 0 Å². The van der Waals surface area contributed by atoms with Crippen LogP contribution >= 0.6 is 0 Å². The van der Waals surface area contributed by atoms with E-state index in [-0.39, 0.29) is 18.5 Å². The van der Waals surface area contributed by atoms with E-state index in [2.05, 4.69) is 10.3 Å². The number of hydrogen-bond acceptors (Lipinski definition) is 4. The molecule has 0 spiro atoms. The predicted octanol–water partition coefficient (Wildman–Crippen LogP) is 3.02. The first-order chi connectivity index (χ1) is 12.1. The molecule has 3 rings (SSSR count). The predicted molar refractivity (Wildman–Crippen MR) is 97.0 cm³/mol. The summed E-state index contributed by atoms with van der Waals surface area (Å²) < 4.78 is 7.08. The van der Waals surface area contributed by atoms with E-state index < -0.39 is 11.2 Å². The first-order valence-corrected chi connectivity index (χ1v) is 7.96. The molecule has 2 aromatic carbocycles. The van der Waals surface area contributed by atoms with Crippen LogP contribution in [0, 0.1) is 0 Å². The van der Waals surface area contributed by atoms with Gasteiger partial charge in [0.25, 0.3) is 5.56 Å². The molecular weight excluding hydrogens is 318 g/mol. The number of nitrogens with zero attached hydrogens (tertiary/aromatic N) is 1. The lowest BCUT2D eigenvalue weighted by atomic mass is 10.1. The topological polar surface area (TPSA) is 76.1 Å². The Morgan fingerprint density at radius 2 is 1.68 bits per heavy atom. The first kappa shape index (κ1) is 16.7. The summed E-state index contributed by atoms with van der Waals surface area (Å²) >= 11 is 0. The number of aromatic amines is 1. The molecule has 25 heavy (non-hydrogen) atoms. The molecule has 2 N–H and O–H groups in total. The van der Waals surface area contributed by atoms with Crippen molar-refractivity contribution in [1.29, 1.82) is 0 Å². The molecule has 0 fully saturated rings. The number of nitrogens with one attached hydrogen (secondary N) is 2. The van der Waals surface area contributed by atoms with Crippen molar-refractivity contribution in [3.63, 3.8) is 0 Å². The summed E-state index contributed by atoms with van der Waals surface area (Å²) in [6, 6.07) is 19.0. The average molecular weight is 337 g/mol. The summed E-state index contributed by atoms with van der Waals surface area (Å²) in [4.78, 5) is 26.3. The van der Waals surface area contributed by atoms with E-state index in [0.717, 1.165) is 11.3 Å². The van der Waals surface area contributed by atoms with Crippen LogP contribution in [0.2, 0.25) is 0 Å². The van der Waals surface area contributed by atoms with E-state index in [1.165, 1.54) is 10.8 Å². The van der Waals surface area contributed by atoms with Gasteiger partial charge in [-0.3, -0.25) is 14.3 Å². The van der Waals surface area contributed by atoms with Gasteiger partial charge in [0.15, 0.2) is 0 Å². The maximum Gasteiger partial charge on any atom is 0.330 e. The van der Waals surface area contributed by atoms with Gasteiger partial charge in [0.05, 0.1) is 6.10 Å². The van der Waals surface area contributed by atoms with Crippen LogP contribution < -0.4 is 16.6 Å². The fraction of sp³-hybridized carbons (Fsp3) is 0.158. The minimum Gasteiger partial charge on any atom is -0.353 e. The Labute approximate surface area is 144 Å². The summed E-state index contributed by atoms with van der Waals surface area (Å²) in [5.74, 6) is 0. The van der Waals surface area contributed by atoms with Crippen molar-refractivity contribution in [2.75, 3.05) is 5.32 Å². The van der Waals surface area contributed by atoms with Crippen molar-refractivity contribution in [2.45, 2.75) is 19.8 Å². The third kappa shape index (κ3) is 4.24. The molecule has 1 unspecified atom stereocenters. The van der Waals surface area contributed by atoms with Crippen molar-refractivity contribution >= 4 is 11.4 Å². The smallest absolute Gasteiger partial charge is 0.330 e. The van der Waals surface area contributed by atoms with Crippen LogP contribution in [-0.4, -0.2) is 9.55 Å². The highest BCUT2D eigenvalue weighted by Crippen LogP contribution is 2.16. The minimum absolute atomic E-state index is 0.0368. The van der Waals surface area contributed by atoms with E-state index in [0.29, 0.717) is 0 Å². The molecule has 128 valence electrons. The van der Waals surface area contributed by atoms with E-state index in [4.69, 9.17) is 4.74 Å². The van der Waals surface area contributed by atoms with Crippen LogP contribution in [-0.2, 0) is 11.5 Å². The van der Waals surface area contributed by atoms with Crippen LogP contribution in [0.1, 0.15) is 18.6 Å². The third-order valence-electron chi connectivity index (χ3n) is 3.80. The van der Waals surface area contributed by atoms with E-state index in [1.807, 2.05) is 67.6 Å². The summed E-state index contributed by atoms with van der Waals surface area (Å²) in [6.45, 7) is 1.95. The van der Waals surface area contributed by atoms with Crippen molar-refractivity contribution in [3.05, 3.63) is 93.3 Å². The minimum atomic E-state index is -0.510. The fourth-order valence-electron chi connectivity index (χ4n) is 2.38. The molecule has 0 aliphatic heterocycles. The molecule has 1 aromatic heterocycles. The lowest BCUT2D eigenvalue weighted by Gasteiger charge is -2.15. The SMILES string of the molecule is CC(OCn1cc(Nc2ccccc2)c(=O)[nH]c1=O)c1ccccc1. The fourth-order valence-corrected chi connectivity index (χ4v) is 2.38. The van der Waals surface area contributed by atoms with Gasteiger partial charge in [-0.15, -0.1) is 0 Å². The van der Waals surface area contributed by atoms with Gasteiger partial charge in [0, 0.05) is 11.9 Å². The number of H-pyrrole nitrogens is 1. The van der Waals surface area contributed by atoms with Gasteiger partial charge in [-0.25, -0.2) is 4.79 Å². The molecule has 6 heteroatoms. The quantitative estimate of drug-likeness (QED) is 0.725. The lowest BCUT2D eigenvalue weighted by molar-refractivity contribution is 0.0142. The molecule has 0 aliphatic rings. The number of ether oxygens (including phenoxy) is 1. The summed E-state index contributed by atoms with van der Waals surface area (Å²) in [7, 11) is 0. The summed E-state index contributed by atoms with van der Waals surface area (Å²) in [5.41, 5.74) is 1.08. The highest BCUT2D eigenvalue weighted by atomic mass is 16.5. The molecule has 0 amide bonds. The molecule has 0 aliphatic carbocycles. The largest absolute Gasteiger partial charge is 0.353 e. The zero-order chi connectivity index (χ0) is 17.6. The first-order valence-electron chi connectivity index (χ1n) is 7.96. The number of hydrogen-bond donors (Lipinski definition) is 2. The van der Waals surface area contributed by atoms with Gasteiger partial charge in [0.2, 0.25) is 0 Å². The Balaban J connectivity index is 1.76. The number of anilines is 2. The second-order valence-electron chi connectivity index (χ2n) is 5.61. The molecule has 6 nitrogen and oxygen atoms in total. The van der Waals surface area contributed by atoms with Crippen molar-refractivity contribution in [3.8, 4) is 0 Å². The van der Waals surface area contributed by atoms with Crippen molar-refractivity contribution in [2.24, 2.45) is 0 Å². The Morgan fingerprint density at radius 3 is 2.36 bits per heavy atom. The van der Waals surface area contributed by atoms with Crippen LogP contribution in [0.5, 0.6) is 0 Å². The lowest BCUT2D eigenvalue weighted by Crippen LogP contribution is -2.31. The summed E-state index contributed by atoms with van der Waals surface area (Å²) in [6.07, 6.45) is 1.29. The zero-order valence-electron chi connectivity index (χ0n) is 13.8. The molecule has 3 aromatic rings. The molecular formula is C19H19N3O3. The Hall–Kier alpha value is -3.12. The van der Waals surface area contributed by atoms with Crippen LogP contribution in [0.15, 0.2) is 76.4 Å². The molecule has 0 saturated heterocycles. The monoisotopic (exact) mass is 337 g/mol. The maximum absolute atomic E-state index is 12.0. The maximum atomic E-state index is 12.0. The molecule has 0 bridgehead atoms. The number of para-hydroxylation sites is 1. The second kappa shape index (κ2) is 7.63. The Kier molecular flexibility index (Phi) is 5.11. The van der Waals surface area contributed by atoms with Gasteiger partial charge in [-0.1, -0.05) is 48.5 Å². The average Bonchev–Trinajstić information content (AvgIpc) is 2.64. The van der Waals surface area contributed by atoms with Gasteiger partial charge in [-0.05, 0) is 24.6 Å². The number of rotatable bonds is 6. The highest BCUT2D eigenvalue weighted by molar-refractivity contribution is 5.57. The van der Waals surface area contributed by atoms with Gasteiger partial charge in [-0.2, -0.15) is 0 Å². The van der Waals surface area contributed by atoms with E-state index in [1.54, 1.807) is 0 Å². The van der Waals surface area contributed by atoms with E-state index >= 15 is 0 Å². The van der Waals surface area contributed by atoms with Gasteiger partial charge in [0.1, 0.15) is 12.4 Å². The van der Waals surface area contributed by atoms with Gasteiger partial charge >= 0.3 is 5.69 Å². The molecule has 0 saturated carbocycles. The number of aromatic nitrogens is 2. The molecule has 1 heterocycles. The molecule has 0 radical (unpaired) electrons. The highest BCUT2D eigenvalue weighted by Gasteiger charge is 2.08. The van der Waals surface area contributed by atoms with Crippen LogP contribution in [0.25, 0.3) is 0 Å². The Morgan fingerprint density at radius 1 is 1.04 bits per heavy atom. The number of benzene rings is 2. The normalized spacial score (nSPS) is 11.9. The summed E-state index contributed by atoms with van der Waals surface area (Å²) in [5, 5.41) is 3.00. The standard InChI is InChI=1S/C19H19N3O3/c1-14(15-8-4-2-5-9-15)25-13-22-12-17(18(23)21-19(22)24)20-16-10-6-3-7-11-16/h2-12,14,20H,13H2,1H3,(H,21,23,24). The van der Waals surface area contributed by atoms with E-state index in [9.17, 15) is 9.59 Å². The Bertz CT molecular complexity index is 933. The van der Waals surface area contributed by atoms with Crippen LogP contribution in [0.4, 0.5) is 11.4 Å². The van der Waals surface area contributed by atoms with Crippen molar-refractivity contribution in [1.82, 2.24) is 9.55 Å². The van der Waals surface area contributed by atoms with Gasteiger partial charge < -0.3 is 10.1 Å². The molecule has 1 atom stereocenters.